The number of hydrogen-bond acceptors (Lipinski definition) is 4. The lowest BCUT2D eigenvalue weighted by molar-refractivity contribution is 0.199. The molecular formula is C24H25FN4O2. The van der Waals surface area contributed by atoms with Crippen LogP contribution in [0.1, 0.15) is 43.8 Å². The van der Waals surface area contributed by atoms with E-state index >= 15 is 0 Å². The van der Waals surface area contributed by atoms with Gasteiger partial charge >= 0.3 is 6.03 Å². The van der Waals surface area contributed by atoms with Gasteiger partial charge in [-0.15, -0.1) is 0 Å². The smallest absolute Gasteiger partial charge is 0.322 e. The zero-order chi connectivity index (χ0) is 22.1. The van der Waals surface area contributed by atoms with E-state index in [0.29, 0.717) is 23.8 Å². The molecular weight excluding hydrogens is 395 g/mol. The van der Waals surface area contributed by atoms with E-state index in [1.54, 1.807) is 17.0 Å². The number of carbonyl (C=O) groups is 1. The van der Waals surface area contributed by atoms with Gasteiger partial charge in [0.15, 0.2) is 0 Å². The summed E-state index contributed by atoms with van der Waals surface area (Å²) in [5.74, 6) is 0.654. The van der Waals surface area contributed by atoms with Gasteiger partial charge in [-0.05, 0) is 49.6 Å². The molecule has 160 valence electrons. The van der Waals surface area contributed by atoms with E-state index in [4.69, 9.17) is 4.52 Å². The van der Waals surface area contributed by atoms with Crippen LogP contribution in [0.4, 0.5) is 9.18 Å². The zero-order valence-electron chi connectivity index (χ0n) is 18.0. The second-order valence-electron chi connectivity index (χ2n) is 8.23. The molecule has 1 N–H and O–H groups in total. The molecule has 3 aromatic rings. The standard InChI is InChI=1S/C24H25FN4O2/c1-14(2)13-29-16(4)20(21(26-24(29)30)17-7-5-15(3)6-8-17)23-27-22(28-31-23)18-9-11-19(25)12-10-18/h5-12,14,21H,13H2,1-4H3,(H,26,30). The van der Waals surface area contributed by atoms with Gasteiger partial charge in [-0.1, -0.05) is 48.8 Å². The van der Waals surface area contributed by atoms with Crippen molar-refractivity contribution in [1.29, 1.82) is 0 Å². The van der Waals surface area contributed by atoms with E-state index in [2.05, 4.69) is 29.3 Å². The van der Waals surface area contributed by atoms with Gasteiger partial charge in [0.05, 0.1) is 11.6 Å². The predicted molar refractivity (Wildman–Crippen MR) is 116 cm³/mol. The number of allylic oxidation sites excluding steroid dienone is 1. The first-order chi connectivity index (χ1) is 14.8. The lowest BCUT2D eigenvalue weighted by atomic mass is 9.94. The van der Waals surface area contributed by atoms with Crippen LogP contribution in [-0.2, 0) is 0 Å². The summed E-state index contributed by atoms with van der Waals surface area (Å²) in [5.41, 5.74) is 4.24. The fourth-order valence-electron chi connectivity index (χ4n) is 3.70. The summed E-state index contributed by atoms with van der Waals surface area (Å²) in [4.78, 5) is 19.2. The Bertz CT molecular complexity index is 1120. The molecule has 1 aliphatic heterocycles. The topological polar surface area (TPSA) is 71.3 Å². The second-order valence-corrected chi connectivity index (χ2v) is 8.23. The van der Waals surface area contributed by atoms with E-state index in [0.717, 1.165) is 22.4 Å². The van der Waals surface area contributed by atoms with Crippen molar-refractivity contribution >= 4 is 11.6 Å². The fraction of sp³-hybridized carbons (Fsp3) is 0.292. The van der Waals surface area contributed by atoms with Crippen LogP contribution < -0.4 is 5.32 Å². The molecule has 0 radical (unpaired) electrons. The summed E-state index contributed by atoms with van der Waals surface area (Å²) in [6, 6.07) is 13.3. The average Bonchev–Trinajstić information content (AvgIpc) is 3.21. The van der Waals surface area contributed by atoms with Gasteiger partial charge < -0.3 is 9.84 Å². The first kappa shape index (κ1) is 20.8. The predicted octanol–water partition coefficient (Wildman–Crippen LogP) is 5.34. The van der Waals surface area contributed by atoms with Crippen LogP contribution in [-0.4, -0.2) is 27.6 Å². The Balaban J connectivity index is 1.80. The Morgan fingerprint density at radius 2 is 1.77 bits per heavy atom. The maximum absolute atomic E-state index is 13.3. The summed E-state index contributed by atoms with van der Waals surface area (Å²) < 4.78 is 18.9. The number of hydrogen-bond donors (Lipinski definition) is 1. The van der Waals surface area contributed by atoms with Crippen molar-refractivity contribution in [2.24, 2.45) is 5.92 Å². The molecule has 7 heteroatoms. The fourth-order valence-corrected chi connectivity index (χ4v) is 3.70. The summed E-state index contributed by atoms with van der Waals surface area (Å²) in [5, 5.41) is 7.19. The molecule has 4 rings (SSSR count). The second kappa shape index (κ2) is 8.34. The van der Waals surface area contributed by atoms with E-state index in [-0.39, 0.29) is 17.8 Å². The minimum Gasteiger partial charge on any atom is -0.334 e. The van der Waals surface area contributed by atoms with Crippen LogP contribution in [0.3, 0.4) is 0 Å². The average molecular weight is 420 g/mol. The van der Waals surface area contributed by atoms with Crippen molar-refractivity contribution in [2.75, 3.05) is 6.54 Å². The zero-order valence-corrected chi connectivity index (χ0v) is 18.0. The molecule has 2 heterocycles. The summed E-state index contributed by atoms with van der Waals surface area (Å²) in [7, 11) is 0. The minimum absolute atomic E-state index is 0.154. The molecule has 0 fully saturated rings. The number of nitrogens with one attached hydrogen (secondary N) is 1. The van der Waals surface area contributed by atoms with Crippen LogP contribution in [0.25, 0.3) is 17.0 Å². The van der Waals surface area contributed by atoms with E-state index in [1.807, 2.05) is 38.1 Å². The van der Waals surface area contributed by atoms with Gasteiger partial charge in [0.25, 0.3) is 5.89 Å². The van der Waals surface area contributed by atoms with Gasteiger partial charge in [-0.25, -0.2) is 9.18 Å². The van der Waals surface area contributed by atoms with Gasteiger partial charge in [-0.2, -0.15) is 4.98 Å². The normalized spacial score (nSPS) is 16.8. The van der Waals surface area contributed by atoms with E-state index < -0.39 is 6.04 Å². The van der Waals surface area contributed by atoms with Gasteiger partial charge in [0.1, 0.15) is 5.82 Å². The molecule has 2 aromatic carbocycles. The SMILES string of the molecule is CC1=C(c2nc(-c3ccc(F)cc3)no2)C(c2ccc(C)cc2)NC(=O)N1CC(C)C. The molecule has 0 saturated heterocycles. The Hall–Kier alpha value is -3.48. The molecule has 0 bridgehead atoms. The van der Waals surface area contributed by atoms with Crippen molar-refractivity contribution in [3.8, 4) is 11.4 Å². The summed E-state index contributed by atoms with van der Waals surface area (Å²) >= 11 is 0. The van der Waals surface area contributed by atoms with E-state index in [1.165, 1.54) is 12.1 Å². The third-order valence-electron chi connectivity index (χ3n) is 5.31. The van der Waals surface area contributed by atoms with Crippen LogP contribution in [0.2, 0.25) is 0 Å². The van der Waals surface area contributed by atoms with Crippen molar-refractivity contribution in [3.63, 3.8) is 0 Å². The minimum atomic E-state index is -0.418. The molecule has 2 amide bonds. The highest BCUT2D eigenvalue weighted by atomic mass is 19.1. The number of halogens is 1. The number of aromatic nitrogens is 2. The molecule has 0 spiro atoms. The van der Waals surface area contributed by atoms with Crippen LogP contribution in [0, 0.1) is 18.7 Å². The van der Waals surface area contributed by atoms with Crippen molar-refractivity contribution < 1.29 is 13.7 Å². The summed E-state index contributed by atoms with van der Waals surface area (Å²) in [6.45, 7) is 8.61. The lowest BCUT2D eigenvalue weighted by Crippen LogP contribution is -2.47. The highest BCUT2D eigenvalue weighted by Crippen LogP contribution is 2.37. The molecule has 6 nitrogen and oxygen atoms in total. The molecule has 1 aliphatic rings. The van der Waals surface area contributed by atoms with Crippen molar-refractivity contribution in [3.05, 3.63) is 77.1 Å². The monoisotopic (exact) mass is 420 g/mol. The number of rotatable bonds is 5. The van der Waals surface area contributed by atoms with Crippen LogP contribution >= 0.6 is 0 Å². The molecule has 0 aliphatic carbocycles. The van der Waals surface area contributed by atoms with Crippen molar-refractivity contribution in [2.45, 2.75) is 33.7 Å². The number of urea groups is 1. The quantitative estimate of drug-likeness (QED) is 0.605. The maximum Gasteiger partial charge on any atom is 0.322 e. The number of amides is 2. The van der Waals surface area contributed by atoms with Crippen LogP contribution in [0.5, 0.6) is 0 Å². The number of nitrogens with zero attached hydrogens (tertiary/aromatic N) is 3. The third-order valence-corrected chi connectivity index (χ3v) is 5.31. The Morgan fingerprint density at radius 1 is 1.10 bits per heavy atom. The molecule has 1 atom stereocenters. The van der Waals surface area contributed by atoms with Crippen LogP contribution in [0.15, 0.2) is 58.8 Å². The summed E-state index contributed by atoms with van der Waals surface area (Å²) in [6.07, 6.45) is 0. The maximum atomic E-state index is 13.3. The molecule has 1 aromatic heterocycles. The number of benzene rings is 2. The van der Waals surface area contributed by atoms with Crippen molar-refractivity contribution in [1.82, 2.24) is 20.4 Å². The van der Waals surface area contributed by atoms with Gasteiger partial charge in [-0.3, -0.25) is 4.90 Å². The third kappa shape index (κ3) is 4.21. The lowest BCUT2D eigenvalue weighted by Gasteiger charge is -2.36. The Morgan fingerprint density at radius 3 is 2.42 bits per heavy atom. The number of carbonyl (C=O) groups excluding carboxylic acids is 1. The first-order valence-electron chi connectivity index (χ1n) is 10.3. The molecule has 0 saturated carbocycles. The van der Waals surface area contributed by atoms with Gasteiger partial charge in [0, 0.05) is 17.8 Å². The van der Waals surface area contributed by atoms with Gasteiger partial charge in [0.2, 0.25) is 5.82 Å². The number of aryl methyl sites for hydroxylation is 1. The highest BCUT2D eigenvalue weighted by molar-refractivity contribution is 5.86. The Labute approximate surface area is 180 Å². The highest BCUT2D eigenvalue weighted by Gasteiger charge is 2.35. The molecule has 31 heavy (non-hydrogen) atoms. The Kier molecular flexibility index (Phi) is 5.59. The first-order valence-corrected chi connectivity index (χ1v) is 10.3. The van der Waals surface area contributed by atoms with E-state index in [9.17, 15) is 9.18 Å². The molecule has 1 unspecified atom stereocenters. The largest absolute Gasteiger partial charge is 0.334 e.